The Hall–Kier alpha value is -1.80. The van der Waals surface area contributed by atoms with Gasteiger partial charge in [0.15, 0.2) is 0 Å². The van der Waals surface area contributed by atoms with Crippen molar-refractivity contribution in [3.05, 3.63) is 70.8 Å². The molecule has 2 rings (SSSR count). The molecule has 0 heterocycles. The van der Waals surface area contributed by atoms with Gasteiger partial charge in [-0.1, -0.05) is 140 Å². The summed E-state index contributed by atoms with van der Waals surface area (Å²) in [4.78, 5) is 0. The largest absolute Gasteiger partial charge is 0.390 e. The van der Waals surface area contributed by atoms with Crippen molar-refractivity contribution in [2.24, 2.45) is 0 Å². The first-order valence-electron chi connectivity index (χ1n) is 17.4. The van der Waals surface area contributed by atoms with Gasteiger partial charge in [-0.05, 0) is 47.9 Å². The van der Waals surface area contributed by atoms with Crippen LogP contribution in [0.15, 0.2) is 48.5 Å². The van der Waals surface area contributed by atoms with Gasteiger partial charge in [-0.15, -0.1) is 0 Å². The molecule has 0 aliphatic heterocycles. The predicted molar refractivity (Wildman–Crippen MR) is 182 cm³/mol. The van der Waals surface area contributed by atoms with Crippen LogP contribution in [0.4, 0.5) is 0 Å². The van der Waals surface area contributed by atoms with Crippen LogP contribution in [0, 0.1) is 0 Å². The molecule has 0 spiro atoms. The van der Waals surface area contributed by atoms with Gasteiger partial charge in [0.2, 0.25) is 0 Å². The molecular weight excluding hydrogens is 552 g/mol. The first-order chi connectivity index (χ1) is 21.2. The summed E-state index contributed by atoms with van der Waals surface area (Å²) in [5.41, 5.74) is 3.78. The van der Waals surface area contributed by atoms with Crippen LogP contribution in [-0.4, -0.2) is 55.1 Å². The van der Waals surface area contributed by atoms with Crippen molar-refractivity contribution in [2.45, 2.75) is 167 Å². The van der Waals surface area contributed by atoms with Gasteiger partial charge < -0.3 is 30.6 Å². The lowest BCUT2D eigenvalue weighted by atomic mass is 9.97. The molecule has 6 N–H and O–H groups in total. The second-order valence-electron chi connectivity index (χ2n) is 12.4. The zero-order valence-corrected chi connectivity index (χ0v) is 28.1. The molecule has 0 saturated carbocycles. The summed E-state index contributed by atoms with van der Waals surface area (Å²) >= 11 is 0. The molecule has 0 aliphatic rings. The molecule has 0 amide bonds. The lowest BCUT2D eigenvalue weighted by Gasteiger charge is -2.18. The molecule has 0 unspecified atom stereocenters. The van der Waals surface area contributed by atoms with Crippen LogP contribution in [-0.2, 0) is 12.8 Å². The van der Waals surface area contributed by atoms with E-state index in [-0.39, 0.29) is 0 Å². The molecule has 0 fully saturated rings. The van der Waals surface area contributed by atoms with E-state index in [1.165, 1.54) is 38.5 Å². The van der Waals surface area contributed by atoms with Crippen LogP contribution in [0.1, 0.15) is 152 Å². The Kier molecular flexibility index (Phi) is 22.3. The van der Waals surface area contributed by atoms with Crippen molar-refractivity contribution >= 4 is 0 Å². The van der Waals surface area contributed by atoms with Crippen LogP contribution in [0.3, 0.4) is 0 Å². The summed E-state index contributed by atoms with van der Waals surface area (Å²) in [5, 5.41) is 59.8. The highest BCUT2D eigenvalue weighted by molar-refractivity contribution is 5.25. The molecular formula is C38H64O6. The SMILES string of the molecule is CCCCCCC[C@@H](O)[C@H](O)Cc1ccc([C@@H](O)CC)cc1.CCCCCCC[C@@H](O)[C@H](O)Cc1ccc([C@H](O)CC)cc1. The second-order valence-corrected chi connectivity index (χ2v) is 12.4. The van der Waals surface area contributed by atoms with Crippen LogP contribution >= 0.6 is 0 Å². The van der Waals surface area contributed by atoms with Gasteiger partial charge in [-0.25, -0.2) is 0 Å². The van der Waals surface area contributed by atoms with Gasteiger partial charge >= 0.3 is 0 Å². The fourth-order valence-electron chi connectivity index (χ4n) is 5.28. The molecule has 0 bridgehead atoms. The summed E-state index contributed by atoms with van der Waals surface area (Å²) in [6, 6.07) is 15.3. The predicted octanol–water partition coefficient (Wildman–Crippen LogP) is 7.51. The van der Waals surface area contributed by atoms with Gasteiger partial charge in [0.25, 0.3) is 0 Å². The van der Waals surface area contributed by atoms with E-state index >= 15 is 0 Å². The Morgan fingerprint density at radius 1 is 0.409 bits per heavy atom. The molecule has 0 aliphatic carbocycles. The summed E-state index contributed by atoms with van der Waals surface area (Å²) in [5.74, 6) is 0. The Balaban J connectivity index is 0.000000440. The average molecular weight is 617 g/mol. The van der Waals surface area contributed by atoms with E-state index in [4.69, 9.17) is 0 Å². The summed E-state index contributed by atoms with van der Waals surface area (Å²) in [6.45, 7) is 8.26. The van der Waals surface area contributed by atoms with E-state index in [0.717, 1.165) is 47.9 Å². The Labute approximate surface area is 268 Å². The van der Waals surface area contributed by atoms with E-state index in [1.807, 2.05) is 62.4 Å². The number of benzene rings is 2. The topological polar surface area (TPSA) is 121 Å². The highest BCUT2D eigenvalue weighted by Gasteiger charge is 2.18. The summed E-state index contributed by atoms with van der Waals surface area (Å²) in [6.07, 6.45) is 11.6. The van der Waals surface area contributed by atoms with Crippen molar-refractivity contribution in [1.82, 2.24) is 0 Å². The highest BCUT2D eigenvalue weighted by atomic mass is 16.3. The van der Waals surface area contributed by atoms with Crippen LogP contribution in [0.2, 0.25) is 0 Å². The number of rotatable bonds is 22. The van der Waals surface area contributed by atoms with Crippen LogP contribution < -0.4 is 0 Å². The van der Waals surface area contributed by atoms with Gasteiger partial charge in [0.05, 0.1) is 36.6 Å². The van der Waals surface area contributed by atoms with Crippen molar-refractivity contribution in [3.8, 4) is 0 Å². The molecule has 2 aromatic rings. The first kappa shape index (κ1) is 40.2. The second kappa shape index (κ2) is 24.4. The van der Waals surface area contributed by atoms with Crippen LogP contribution in [0.25, 0.3) is 0 Å². The van der Waals surface area contributed by atoms with E-state index < -0.39 is 36.6 Å². The fourth-order valence-corrected chi connectivity index (χ4v) is 5.28. The molecule has 6 atom stereocenters. The Bertz CT molecular complexity index is 854. The number of unbranched alkanes of at least 4 members (excludes halogenated alkanes) is 8. The molecule has 0 aromatic heterocycles. The number of aliphatic hydroxyl groups is 6. The standard InChI is InChI=1S/2C19H32O3/c2*1-3-5-6-7-8-9-18(21)19(22)14-15-10-12-16(13-11-15)17(20)4-2/h2*10-13,17-22H,3-9,14H2,1-2H3/t17-,18+,19+;17-,18-,19-/m01/s1. The summed E-state index contributed by atoms with van der Waals surface area (Å²) < 4.78 is 0. The average Bonchev–Trinajstić information content (AvgIpc) is 3.04. The third-order valence-corrected chi connectivity index (χ3v) is 8.49. The maximum Gasteiger partial charge on any atom is 0.0839 e. The number of hydrogen-bond donors (Lipinski definition) is 6. The monoisotopic (exact) mass is 616 g/mol. The Morgan fingerprint density at radius 2 is 0.727 bits per heavy atom. The third-order valence-electron chi connectivity index (χ3n) is 8.49. The first-order valence-corrected chi connectivity index (χ1v) is 17.4. The third kappa shape index (κ3) is 17.0. The zero-order valence-electron chi connectivity index (χ0n) is 28.1. The van der Waals surface area contributed by atoms with E-state index in [0.29, 0.717) is 38.5 Å². The molecule has 0 radical (unpaired) electrons. The molecule has 44 heavy (non-hydrogen) atoms. The lowest BCUT2D eigenvalue weighted by molar-refractivity contribution is 0.0137. The highest BCUT2D eigenvalue weighted by Crippen LogP contribution is 2.20. The van der Waals surface area contributed by atoms with Crippen LogP contribution in [0.5, 0.6) is 0 Å². The van der Waals surface area contributed by atoms with E-state index in [9.17, 15) is 30.6 Å². The maximum atomic E-state index is 10.1. The molecule has 2 aromatic carbocycles. The molecule has 6 nitrogen and oxygen atoms in total. The van der Waals surface area contributed by atoms with Crippen molar-refractivity contribution < 1.29 is 30.6 Å². The number of hydrogen-bond acceptors (Lipinski definition) is 6. The lowest BCUT2D eigenvalue weighted by Crippen LogP contribution is -2.27. The summed E-state index contributed by atoms with van der Waals surface area (Å²) in [7, 11) is 0. The van der Waals surface area contributed by atoms with Gasteiger partial charge in [0, 0.05) is 12.8 Å². The van der Waals surface area contributed by atoms with E-state index in [2.05, 4.69) is 13.8 Å². The molecule has 6 heteroatoms. The normalized spacial score (nSPS) is 15.5. The smallest absolute Gasteiger partial charge is 0.0839 e. The maximum absolute atomic E-state index is 10.1. The van der Waals surface area contributed by atoms with Gasteiger partial charge in [0.1, 0.15) is 0 Å². The van der Waals surface area contributed by atoms with Gasteiger partial charge in [-0.3, -0.25) is 0 Å². The van der Waals surface area contributed by atoms with Crippen molar-refractivity contribution in [2.75, 3.05) is 0 Å². The zero-order chi connectivity index (χ0) is 32.7. The molecule has 252 valence electrons. The number of aliphatic hydroxyl groups excluding tert-OH is 6. The van der Waals surface area contributed by atoms with E-state index in [1.54, 1.807) is 0 Å². The minimum absolute atomic E-state index is 0.423. The fraction of sp³-hybridized carbons (Fsp3) is 0.684. The quantitative estimate of drug-likeness (QED) is 0.0762. The Morgan fingerprint density at radius 3 is 1.02 bits per heavy atom. The van der Waals surface area contributed by atoms with Crippen molar-refractivity contribution in [3.63, 3.8) is 0 Å². The molecule has 0 saturated heterocycles. The van der Waals surface area contributed by atoms with Gasteiger partial charge in [-0.2, -0.15) is 0 Å². The minimum atomic E-state index is -0.715. The van der Waals surface area contributed by atoms with Crippen molar-refractivity contribution in [1.29, 1.82) is 0 Å². The minimum Gasteiger partial charge on any atom is -0.390 e.